The van der Waals surface area contributed by atoms with Gasteiger partial charge in [-0.15, -0.1) is 0 Å². The number of hydrogen-bond acceptors (Lipinski definition) is 7. The molecule has 0 aliphatic carbocycles. The number of carbonyl (C=O) groups is 1. The van der Waals surface area contributed by atoms with Crippen LogP contribution in [0.3, 0.4) is 0 Å². The highest BCUT2D eigenvalue weighted by atomic mass is 16.5. The fraction of sp³-hybridized carbons (Fsp3) is 0.133. The SMILES string of the molecule is COc1ccc(-c2coc3c4c(cc(O)c3c2=O)OC(=O)C[C@H]4c2ccc(OC)c3ccccc23)cc1. The van der Waals surface area contributed by atoms with Crippen molar-refractivity contribution in [3.05, 3.63) is 94.3 Å². The maximum Gasteiger partial charge on any atom is 0.312 e. The Morgan fingerprint density at radius 3 is 2.41 bits per heavy atom. The van der Waals surface area contributed by atoms with Gasteiger partial charge in [-0.1, -0.05) is 42.5 Å². The molecule has 0 saturated heterocycles. The van der Waals surface area contributed by atoms with Crippen molar-refractivity contribution in [3.8, 4) is 34.1 Å². The minimum absolute atomic E-state index is 0.0350. The number of fused-ring (bicyclic) bond motifs is 4. The average Bonchev–Trinajstić information content (AvgIpc) is 2.92. The Balaban J connectivity index is 1.61. The molecule has 0 bridgehead atoms. The van der Waals surface area contributed by atoms with Crippen LogP contribution in [0.4, 0.5) is 0 Å². The summed E-state index contributed by atoms with van der Waals surface area (Å²) in [5.74, 6) is 0.322. The second-order valence-electron chi connectivity index (χ2n) is 8.85. The van der Waals surface area contributed by atoms with Crippen LogP contribution in [0.1, 0.15) is 23.5 Å². The topological polar surface area (TPSA) is 95.2 Å². The number of carbonyl (C=O) groups excluding carboxylic acids is 1. The lowest BCUT2D eigenvalue weighted by Crippen LogP contribution is -2.22. The molecule has 1 N–H and O–H groups in total. The number of aromatic hydroxyl groups is 1. The molecule has 6 rings (SSSR count). The largest absolute Gasteiger partial charge is 0.507 e. The van der Waals surface area contributed by atoms with Crippen molar-refractivity contribution >= 4 is 27.7 Å². The smallest absolute Gasteiger partial charge is 0.312 e. The van der Waals surface area contributed by atoms with Crippen LogP contribution in [0.15, 0.2) is 82.2 Å². The minimum atomic E-state index is -0.467. The van der Waals surface area contributed by atoms with Crippen molar-refractivity contribution in [1.29, 1.82) is 0 Å². The zero-order chi connectivity index (χ0) is 25.7. The zero-order valence-electron chi connectivity index (χ0n) is 20.1. The van der Waals surface area contributed by atoms with E-state index >= 15 is 0 Å². The van der Waals surface area contributed by atoms with Crippen molar-refractivity contribution in [2.75, 3.05) is 14.2 Å². The molecule has 0 fully saturated rings. The van der Waals surface area contributed by atoms with Gasteiger partial charge in [-0.25, -0.2) is 0 Å². The Labute approximate surface area is 211 Å². The van der Waals surface area contributed by atoms with E-state index in [1.54, 1.807) is 38.5 Å². The Bertz CT molecular complexity index is 1750. The molecule has 0 radical (unpaired) electrons. The second kappa shape index (κ2) is 8.71. The monoisotopic (exact) mass is 494 g/mol. The van der Waals surface area contributed by atoms with E-state index in [1.165, 1.54) is 12.3 Å². The van der Waals surface area contributed by atoms with Crippen LogP contribution in [0.5, 0.6) is 23.0 Å². The summed E-state index contributed by atoms with van der Waals surface area (Å²) < 4.78 is 22.3. The van der Waals surface area contributed by atoms with E-state index in [4.69, 9.17) is 18.6 Å². The Kier molecular flexibility index (Phi) is 5.34. The van der Waals surface area contributed by atoms with Gasteiger partial charge in [0.05, 0.1) is 26.2 Å². The van der Waals surface area contributed by atoms with Crippen molar-refractivity contribution in [2.45, 2.75) is 12.3 Å². The maximum atomic E-state index is 13.6. The third-order valence-electron chi connectivity index (χ3n) is 6.88. The summed E-state index contributed by atoms with van der Waals surface area (Å²) in [6.07, 6.45) is 1.43. The molecule has 1 aliphatic rings. The van der Waals surface area contributed by atoms with Gasteiger partial charge >= 0.3 is 5.97 Å². The lowest BCUT2D eigenvalue weighted by molar-refractivity contribution is -0.135. The standard InChI is InChI=1S/C30H22O7/c1-34-17-9-7-16(8-10-17)22-15-36-30-27-21(13-26(32)37-25(27)14-23(31)28(30)29(22)33)19-11-12-24(35-2)20-6-4-3-5-18(19)20/h3-12,14-15,21,31H,13H2,1-2H3/t21-/m0/s1. The molecule has 0 amide bonds. The van der Waals surface area contributed by atoms with E-state index in [0.29, 0.717) is 28.2 Å². The molecule has 2 heterocycles. The molecule has 184 valence electrons. The van der Waals surface area contributed by atoms with E-state index in [0.717, 1.165) is 16.3 Å². The number of methoxy groups -OCH3 is 2. The second-order valence-corrected chi connectivity index (χ2v) is 8.85. The predicted molar refractivity (Wildman–Crippen MR) is 139 cm³/mol. The van der Waals surface area contributed by atoms with Crippen molar-refractivity contribution in [3.63, 3.8) is 0 Å². The summed E-state index contributed by atoms with van der Waals surface area (Å²) in [4.78, 5) is 26.3. The van der Waals surface area contributed by atoms with E-state index in [2.05, 4.69) is 0 Å². The van der Waals surface area contributed by atoms with Gasteiger partial charge in [-0.2, -0.15) is 0 Å². The molecule has 1 aromatic heterocycles. The Morgan fingerprint density at radius 2 is 1.68 bits per heavy atom. The first-order valence-electron chi connectivity index (χ1n) is 11.7. The molecular formula is C30H22O7. The zero-order valence-corrected chi connectivity index (χ0v) is 20.1. The first-order chi connectivity index (χ1) is 18.0. The minimum Gasteiger partial charge on any atom is -0.507 e. The lowest BCUT2D eigenvalue weighted by Gasteiger charge is -2.27. The van der Waals surface area contributed by atoms with Crippen molar-refractivity contribution in [2.24, 2.45) is 0 Å². The highest BCUT2D eigenvalue weighted by Crippen LogP contribution is 2.47. The summed E-state index contributed by atoms with van der Waals surface area (Å²) in [5.41, 5.74) is 2.13. The average molecular weight is 494 g/mol. The number of hydrogen-bond donors (Lipinski definition) is 1. The van der Waals surface area contributed by atoms with Gasteiger partial charge in [0.25, 0.3) is 0 Å². The third-order valence-corrected chi connectivity index (χ3v) is 6.88. The molecule has 0 unspecified atom stereocenters. The van der Waals surface area contributed by atoms with Crippen LogP contribution >= 0.6 is 0 Å². The molecule has 7 heteroatoms. The summed E-state index contributed by atoms with van der Waals surface area (Å²) in [7, 11) is 3.18. The van der Waals surface area contributed by atoms with Gasteiger partial charge in [0.2, 0.25) is 5.43 Å². The molecule has 0 spiro atoms. The maximum absolute atomic E-state index is 13.6. The van der Waals surface area contributed by atoms with Crippen LogP contribution in [0, 0.1) is 0 Å². The fourth-order valence-corrected chi connectivity index (χ4v) is 5.14. The molecular weight excluding hydrogens is 472 g/mol. The number of phenols is 1. The molecule has 5 aromatic rings. The van der Waals surface area contributed by atoms with Crippen LogP contribution in [-0.4, -0.2) is 25.3 Å². The van der Waals surface area contributed by atoms with Crippen LogP contribution in [0.2, 0.25) is 0 Å². The van der Waals surface area contributed by atoms with Crippen LogP contribution in [-0.2, 0) is 4.79 Å². The van der Waals surface area contributed by atoms with E-state index in [-0.39, 0.29) is 34.3 Å². The molecule has 4 aromatic carbocycles. The number of esters is 1. The Morgan fingerprint density at radius 1 is 0.919 bits per heavy atom. The van der Waals surface area contributed by atoms with Crippen LogP contribution in [0.25, 0.3) is 32.9 Å². The molecule has 0 saturated carbocycles. The quantitative estimate of drug-likeness (QED) is 0.250. The molecule has 37 heavy (non-hydrogen) atoms. The normalized spacial score (nSPS) is 14.9. The number of ether oxygens (including phenoxy) is 3. The summed E-state index contributed by atoms with van der Waals surface area (Å²) in [6.45, 7) is 0. The highest BCUT2D eigenvalue weighted by molar-refractivity contribution is 5.97. The van der Waals surface area contributed by atoms with Gasteiger partial charge in [0, 0.05) is 22.9 Å². The molecule has 7 nitrogen and oxygen atoms in total. The Hall–Kier alpha value is -4.78. The van der Waals surface area contributed by atoms with E-state index in [1.807, 2.05) is 36.4 Å². The lowest BCUT2D eigenvalue weighted by atomic mass is 9.82. The van der Waals surface area contributed by atoms with Gasteiger partial charge in [0.15, 0.2) is 0 Å². The number of benzene rings is 4. The molecule has 1 atom stereocenters. The van der Waals surface area contributed by atoms with Gasteiger partial charge in [-0.05, 0) is 34.7 Å². The first kappa shape index (κ1) is 22.7. The van der Waals surface area contributed by atoms with Gasteiger partial charge < -0.3 is 23.7 Å². The highest BCUT2D eigenvalue weighted by Gasteiger charge is 2.34. The van der Waals surface area contributed by atoms with Gasteiger partial charge in [0.1, 0.15) is 40.2 Å². The van der Waals surface area contributed by atoms with E-state index < -0.39 is 11.9 Å². The van der Waals surface area contributed by atoms with Crippen molar-refractivity contribution < 1.29 is 28.5 Å². The summed E-state index contributed by atoms with van der Waals surface area (Å²) >= 11 is 0. The predicted octanol–water partition coefficient (Wildman–Crippen LogP) is 5.78. The summed E-state index contributed by atoms with van der Waals surface area (Å²) in [6, 6.07) is 19.8. The molecule has 1 aliphatic heterocycles. The van der Waals surface area contributed by atoms with Gasteiger partial charge in [-0.3, -0.25) is 9.59 Å². The summed E-state index contributed by atoms with van der Waals surface area (Å²) in [5, 5.41) is 12.7. The van der Waals surface area contributed by atoms with Crippen LogP contribution < -0.4 is 19.6 Å². The number of phenolic OH excluding ortho intramolecular Hbond substituents is 1. The third kappa shape index (κ3) is 3.59. The fourth-order valence-electron chi connectivity index (χ4n) is 5.14. The van der Waals surface area contributed by atoms with Crippen molar-refractivity contribution in [1.82, 2.24) is 0 Å². The number of rotatable bonds is 4. The first-order valence-corrected chi connectivity index (χ1v) is 11.7. The van der Waals surface area contributed by atoms with E-state index in [9.17, 15) is 14.7 Å².